The zero-order valence-electron chi connectivity index (χ0n) is 11.2. The number of hydrogen-bond acceptors (Lipinski definition) is 0. The summed E-state index contributed by atoms with van der Waals surface area (Å²) in [6.45, 7) is 2.26. The fourth-order valence-corrected chi connectivity index (χ4v) is 2.38. The summed E-state index contributed by atoms with van der Waals surface area (Å²) in [6.07, 6.45) is 6.51. The van der Waals surface area contributed by atoms with Gasteiger partial charge in [-0.15, -0.1) is 0 Å². The van der Waals surface area contributed by atoms with Gasteiger partial charge in [0.2, 0.25) is 0 Å². The van der Waals surface area contributed by atoms with Gasteiger partial charge in [-0.1, -0.05) is 80.8 Å². The van der Waals surface area contributed by atoms with E-state index in [2.05, 4.69) is 61.5 Å². The lowest BCUT2D eigenvalue weighted by molar-refractivity contribution is 0.667. The Balaban J connectivity index is 2.11. The largest absolute Gasteiger partial charge is 0.0654 e. The average Bonchev–Trinajstić information content (AvgIpc) is 2.45. The normalized spacial score (nSPS) is 10.5. The van der Waals surface area contributed by atoms with Crippen LogP contribution in [0, 0.1) is 0 Å². The van der Waals surface area contributed by atoms with Crippen LogP contribution in [0.25, 0.3) is 11.1 Å². The van der Waals surface area contributed by atoms with E-state index in [4.69, 9.17) is 0 Å². The molecule has 0 bridgehead atoms. The van der Waals surface area contributed by atoms with Crippen molar-refractivity contribution in [1.29, 1.82) is 0 Å². The average molecular weight is 238 g/mol. The van der Waals surface area contributed by atoms with E-state index in [0.29, 0.717) is 0 Å². The van der Waals surface area contributed by atoms with Crippen LogP contribution in [0.1, 0.15) is 38.2 Å². The van der Waals surface area contributed by atoms with E-state index < -0.39 is 0 Å². The number of hydrogen-bond donors (Lipinski definition) is 0. The quantitative estimate of drug-likeness (QED) is 0.585. The van der Waals surface area contributed by atoms with E-state index in [0.717, 1.165) is 0 Å². The highest BCUT2D eigenvalue weighted by Gasteiger charge is 2.03. The maximum absolute atomic E-state index is 2.27. The van der Waals surface area contributed by atoms with Gasteiger partial charge in [0.1, 0.15) is 0 Å². The summed E-state index contributed by atoms with van der Waals surface area (Å²) in [4.78, 5) is 0. The Morgan fingerprint density at radius 2 is 1.44 bits per heavy atom. The molecule has 0 nitrogen and oxygen atoms in total. The van der Waals surface area contributed by atoms with E-state index in [1.165, 1.54) is 48.8 Å². The van der Waals surface area contributed by atoms with Crippen molar-refractivity contribution in [3.8, 4) is 11.1 Å². The first-order chi connectivity index (χ1) is 8.92. The van der Waals surface area contributed by atoms with Gasteiger partial charge in [0.15, 0.2) is 0 Å². The van der Waals surface area contributed by atoms with Gasteiger partial charge in [-0.25, -0.2) is 0 Å². The molecular weight excluding hydrogens is 216 g/mol. The smallest absolute Gasteiger partial charge is 0.0152 e. The van der Waals surface area contributed by atoms with Crippen LogP contribution in [0.3, 0.4) is 0 Å². The Labute approximate surface area is 111 Å². The van der Waals surface area contributed by atoms with Crippen LogP contribution in [0.15, 0.2) is 54.6 Å². The number of aryl methyl sites for hydroxylation is 1. The second-order valence-corrected chi connectivity index (χ2v) is 4.83. The van der Waals surface area contributed by atoms with Crippen molar-refractivity contribution < 1.29 is 0 Å². The molecule has 0 heteroatoms. The van der Waals surface area contributed by atoms with Crippen LogP contribution >= 0.6 is 0 Å². The van der Waals surface area contributed by atoms with Crippen molar-refractivity contribution in [3.05, 3.63) is 60.2 Å². The minimum Gasteiger partial charge on any atom is -0.0654 e. The van der Waals surface area contributed by atoms with Crippen molar-refractivity contribution in [3.63, 3.8) is 0 Å². The molecule has 0 saturated carbocycles. The zero-order valence-corrected chi connectivity index (χ0v) is 11.2. The monoisotopic (exact) mass is 238 g/mol. The standard InChI is InChI=1S/C18H22/c1-2-3-4-6-11-17-14-9-10-15-18(17)16-12-7-5-8-13-16/h5,7-10,12-15H,2-4,6,11H2,1H3. The van der Waals surface area contributed by atoms with Crippen molar-refractivity contribution in [1.82, 2.24) is 0 Å². The third kappa shape index (κ3) is 3.46. The summed E-state index contributed by atoms with van der Waals surface area (Å²) in [5.74, 6) is 0. The minimum atomic E-state index is 1.20. The molecule has 0 saturated heterocycles. The molecule has 0 aliphatic carbocycles. The first kappa shape index (κ1) is 12.9. The van der Waals surface area contributed by atoms with E-state index in [1.54, 1.807) is 0 Å². The summed E-state index contributed by atoms with van der Waals surface area (Å²) in [5.41, 5.74) is 4.22. The molecule has 0 spiro atoms. The molecule has 2 aromatic carbocycles. The lowest BCUT2D eigenvalue weighted by atomic mass is 9.96. The molecule has 2 aromatic rings. The van der Waals surface area contributed by atoms with E-state index >= 15 is 0 Å². The number of rotatable bonds is 6. The van der Waals surface area contributed by atoms with Crippen molar-refractivity contribution >= 4 is 0 Å². The van der Waals surface area contributed by atoms with Gasteiger partial charge in [-0.2, -0.15) is 0 Å². The van der Waals surface area contributed by atoms with E-state index in [-0.39, 0.29) is 0 Å². The second kappa shape index (κ2) is 7.00. The molecule has 0 radical (unpaired) electrons. The van der Waals surface area contributed by atoms with Crippen LogP contribution in [-0.2, 0) is 6.42 Å². The second-order valence-electron chi connectivity index (χ2n) is 4.83. The predicted octanol–water partition coefficient (Wildman–Crippen LogP) is 5.48. The molecular formula is C18H22. The van der Waals surface area contributed by atoms with Gasteiger partial charge >= 0.3 is 0 Å². The molecule has 0 unspecified atom stereocenters. The Morgan fingerprint density at radius 3 is 2.22 bits per heavy atom. The molecule has 18 heavy (non-hydrogen) atoms. The molecule has 0 N–H and O–H groups in total. The van der Waals surface area contributed by atoms with E-state index in [1.807, 2.05) is 0 Å². The maximum Gasteiger partial charge on any atom is -0.0152 e. The number of benzene rings is 2. The van der Waals surface area contributed by atoms with Crippen LogP contribution in [0.5, 0.6) is 0 Å². The zero-order chi connectivity index (χ0) is 12.6. The van der Waals surface area contributed by atoms with Crippen LogP contribution < -0.4 is 0 Å². The lowest BCUT2D eigenvalue weighted by Crippen LogP contribution is -1.90. The molecule has 0 amide bonds. The van der Waals surface area contributed by atoms with Crippen molar-refractivity contribution in [2.45, 2.75) is 39.0 Å². The number of unbranched alkanes of at least 4 members (excludes halogenated alkanes) is 3. The fourth-order valence-electron chi connectivity index (χ4n) is 2.38. The Bertz CT molecular complexity index is 456. The van der Waals surface area contributed by atoms with Gasteiger partial charge in [0.05, 0.1) is 0 Å². The molecule has 0 aliphatic heterocycles. The van der Waals surface area contributed by atoms with Crippen LogP contribution in [0.2, 0.25) is 0 Å². The SMILES string of the molecule is CCCCCCc1ccccc1-c1ccccc1. The van der Waals surface area contributed by atoms with Gasteiger partial charge in [-0.3, -0.25) is 0 Å². The Hall–Kier alpha value is -1.56. The Kier molecular flexibility index (Phi) is 5.01. The molecule has 0 heterocycles. The molecule has 0 atom stereocenters. The van der Waals surface area contributed by atoms with Crippen LogP contribution in [-0.4, -0.2) is 0 Å². The Morgan fingerprint density at radius 1 is 0.722 bits per heavy atom. The van der Waals surface area contributed by atoms with Gasteiger partial charge in [0.25, 0.3) is 0 Å². The van der Waals surface area contributed by atoms with Crippen molar-refractivity contribution in [2.75, 3.05) is 0 Å². The highest BCUT2D eigenvalue weighted by Crippen LogP contribution is 2.24. The van der Waals surface area contributed by atoms with Crippen LogP contribution in [0.4, 0.5) is 0 Å². The first-order valence-corrected chi connectivity index (χ1v) is 7.05. The maximum atomic E-state index is 2.27. The summed E-state index contributed by atoms with van der Waals surface area (Å²) in [7, 11) is 0. The topological polar surface area (TPSA) is 0 Å². The first-order valence-electron chi connectivity index (χ1n) is 7.05. The highest BCUT2D eigenvalue weighted by molar-refractivity contribution is 5.67. The summed E-state index contributed by atoms with van der Waals surface area (Å²) >= 11 is 0. The molecule has 0 aliphatic rings. The lowest BCUT2D eigenvalue weighted by Gasteiger charge is -2.09. The highest BCUT2D eigenvalue weighted by atomic mass is 14.1. The van der Waals surface area contributed by atoms with Gasteiger partial charge in [0, 0.05) is 0 Å². The molecule has 0 aromatic heterocycles. The van der Waals surface area contributed by atoms with Crippen molar-refractivity contribution in [2.24, 2.45) is 0 Å². The fraction of sp³-hybridized carbons (Fsp3) is 0.333. The molecule has 94 valence electrons. The van der Waals surface area contributed by atoms with Gasteiger partial charge in [-0.05, 0) is 29.5 Å². The molecule has 0 fully saturated rings. The summed E-state index contributed by atoms with van der Waals surface area (Å²) in [5, 5.41) is 0. The summed E-state index contributed by atoms with van der Waals surface area (Å²) < 4.78 is 0. The third-order valence-electron chi connectivity index (χ3n) is 3.40. The third-order valence-corrected chi connectivity index (χ3v) is 3.40. The summed E-state index contributed by atoms with van der Waals surface area (Å²) in [6, 6.07) is 19.5. The van der Waals surface area contributed by atoms with Gasteiger partial charge < -0.3 is 0 Å². The molecule has 2 rings (SSSR count). The van der Waals surface area contributed by atoms with E-state index in [9.17, 15) is 0 Å². The predicted molar refractivity (Wildman–Crippen MR) is 79.7 cm³/mol. The minimum absolute atomic E-state index is 1.20.